The zero-order valence-corrected chi connectivity index (χ0v) is 27.0. The first-order valence-electron chi connectivity index (χ1n) is 13.1. The summed E-state index contributed by atoms with van der Waals surface area (Å²) >= 11 is 1.82. The van der Waals surface area contributed by atoms with Crippen molar-refractivity contribution in [2.24, 2.45) is 5.73 Å². The van der Waals surface area contributed by atoms with E-state index in [2.05, 4.69) is 59.4 Å². The summed E-state index contributed by atoms with van der Waals surface area (Å²) in [5.41, 5.74) is 13.6. The van der Waals surface area contributed by atoms with Gasteiger partial charge in [0.25, 0.3) is 0 Å². The number of halogens is 1. The van der Waals surface area contributed by atoms with Gasteiger partial charge in [0.1, 0.15) is 0 Å². The van der Waals surface area contributed by atoms with E-state index >= 15 is 0 Å². The van der Waals surface area contributed by atoms with E-state index in [4.69, 9.17) is 5.73 Å². The van der Waals surface area contributed by atoms with Gasteiger partial charge in [-0.3, -0.25) is 0 Å². The van der Waals surface area contributed by atoms with E-state index in [1.807, 2.05) is 110 Å². The number of aryl methyl sites for hydroxylation is 3. The minimum absolute atomic E-state index is 0.129. The zero-order chi connectivity index (χ0) is 29.7. The zero-order valence-electron chi connectivity index (χ0n) is 23.7. The third kappa shape index (κ3) is 10.6. The van der Waals surface area contributed by atoms with Gasteiger partial charge < -0.3 is 10.5 Å². The van der Waals surface area contributed by atoms with Crippen LogP contribution in [0.3, 0.4) is 0 Å². The van der Waals surface area contributed by atoms with E-state index < -0.39 is 22.1 Å². The van der Waals surface area contributed by atoms with E-state index in [0.717, 1.165) is 27.8 Å². The Bertz CT molecular complexity index is 1380. The van der Waals surface area contributed by atoms with Gasteiger partial charge in [-0.2, -0.15) is 0 Å². The van der Waals surface area contributed by atoms with Crippen molar-refractivity contribution in [2.45, 2.75) is 58.4 Å². The minimum atomic E-state index is -3.74. The van der Waals surface area contributed by atoms with Gasteiger partial charge in [0.05, 0.1) is 15.8 Å². The molecule has 0 heterocycles. The van der Waals surface area contributed by atoms with Crippen molar-refractivity contribution in [3.63, 3.8) is 0 Å². The van der Waals surface area contributed by atoms with E-state index in [9.17, 15) is 8.42 Å². The van der Waals surface area contributed by atoms with Crippen LogP contribution in [0.5, 0.6) is 0 Å². The molecule has 4 aromatic rings. The van der Waals surface area contributed by atoms with E-state index in [1.165, 1.54) is 11.1 Å². The first-order chi connectivity index (χ1) is 19.1. The van der Waals surface area contributed by atoms with Crippen molar-refractivity contribution < 1.29 is 25.7 Å². The molecule has 0 saturated heterocycles. The van der Waals surface area contributed by atoms with Crippen LogP contribution in [0.4, 0.5) is 0 Å². The Hall–Kier alpha value is -2.34. The van der Waals surface area contributed by atoms with E-state index in [1.54, 1.807) is 0 Å². The summed E-state index contributed by atoms with van der Waals surface area (Å²) in [5, 5.41) is 0. The molecule has 0 saturated carbocycles. The first kappa shape index (κ1) is 33.9. The molecule has 0 aromatic heterocycles. The molecule has 0 unspecified atom stereocenters. The fourth-order valence-corrected chi connectivity index (χ4v) is 5.76. The van der Waals surface area contributed by atoms with Crippen LogP contribution in [0, 0.1) is 20.8 Å². The number of sulfonamides is 1. The fourth-order valence-electron chi connectivity index (χ4n) is 4.26. The van der Waals surface area contributed by atoms with Crippen LogP contribution >= 0.6 is 9.69 Å². The van der Waals surface area contributed by atoms with Gasteiger partial charge in [-0.25, -0.2) is 8.42 Å². The van der Waals surface area contributed by atoms with Crippen molar-refractivity contribution in [2.75, 3.05) is 0 Å². The summed E-state index contributed by atoms with van der Waals surface area (Å²) in [6, 6.07) is 32.1. The Labute approximate surface area is 255 Å². The third-order valence-corrected chi connectivity index (χ3v) is 7.86. The molecule has 0 aliphatic carbocycles. The number of nitrogens with two attached hydrogens (primary N) is 1. The fraction of sp³-hybridized carbons (Fsp3) is 0.273. The van der Waals surface area contributed by atoms with Crippen LogP contribution in [-0.4, -0.2) is 8.42 Å². The van der Waals surface area contributed by atoms with Crippen molar-refractivity contribution >= 4 is 19.7 Å². The predicted molar refractivity (Wildman–Crippen MR) is 166 cm³/mol. The molecule has 214 valence electrons. The molecule has 0 aliphatic heterocycles. The second-order valence-corrected chi connectivity index (χ2v) is 11.7. The van der Waals surface area contributed by atoms with Crippen LogP contribution in [0.25, 0.3) is 4.72 Å². The molecule has 4 nitrogen and oxygen atoms in total. The number of hydrogen-bond acceptors (Lipinski definition) is 3. The molecule has 0 aliphatic rings. The topological polar surface area (TPSA) is 74.3 Å². The van der Waals surface area contributed by atoms with Gasteiger partial charge >= 0.3 is 27.0 Å². The number of nitrogens with zero attached hydrogens (tertiary/aromatic N) is 1. The third-order valence-electron chi connectivity index (χ3n) is 6.66. The molecule has 2 atom stereocenters. The average molecular weight is 664 g/mol. The van der Waals surface area contributed by atoms with Gasteiger partial charge in [0.15, 0.2) is 0 Å². The van der Waals surface area contributed by atoms with Crippen molar-refractivity contribution in [3.8, 4) is 0 Å². The number of benzene rings is 4. The van der Waals surface area contributed by atoms with Crippen LogP contribution < -0.4 is 5.73 Å². The van der Waals surface area contributed by atoms with Crippen LogP contribution in [0.1, 0.15) is 70.8 Å². The molecular formula is C33H39ClN2O2RuS. The molecule has 0 amide bonds. The molecule has 0 bridgehead atoms. The Morgan fingerprint density at radius 2 is 1.18 bits per heavy atom. The van der Waals surface area contributed by atoms with Crippen LogP contribution in [0.2, 0.25) is 0 Å². The molecule has 7 heteroatoms. The molecule has 4 rings (SSSR count). The Balaban J connectivity index is 0.000000391. The molecule has 40 heavy (non-hydrogen) atoms. The number of hydrogen-bond donors (Lipinski definition) is 1. The Morgan fingerprint density at radius 3 is 1.65 bits per heavy atom. The van der Waals surface area contributed by atoms with Crippen molar-refractivity contribution in [1.82, 2.24) is 0 Å². The van der Waals surface area contributed by atoms with Gasteiger partial charge in [-0.1, -0.05) is 134 Å². The van der Waals surface area contributed by atoms with Crippen LogP contribution in [0.15, 0.2) is 103 Å². The number of rotatable bonds is 8. The van der Waals surface area contributed by atoms with Crippen molar-refractivity contribution in [1.29, 1.82) is 0 Å². The Morgan fingerprint density at radius 1 is 0.700 bits per heavy atom. The molecule has 0 fully saturated rings. The predicted octanol–water partition coefficient (Wildman–Crippen LogP) is 8.75. The maximum atomic E-state index is 13.0. The molecule has 0 spiro atoms. The quantitative estimate of drug-likeness (QED) is 0.192. The maximum absolute atomic E-state index is 13.0. The summed E-state index contributed by atoms with van der Waals surface area (Å²) in [4.78, 5) is 0. The monoisotopic (exact) mass is 664 g/mol. The van der Waals surface area contributed by atoms with Gasteiger partial charge in [0.2, 0.25) is 0 Å². The average Bonchev–Trinajstić information content (AvgIpc) is 2.96. The van der Waals surface area contributed by atoms with Gasteiger partial charge in [-0.15, -0.1) is 0 Å². The molecular weight excluding hydrogens is 625 g/mol. The van der Waals surface area contributed by atoms with Gasteiger partial charge in [0, 0.05) is 6.04 Å². The van der Waals surface area contributed by atoms with E-state index in [0.29, 0.717) is 5.92 Å². The summed E-state index contributed by atoms with van der Waals surface area (Å²) in [5.74, 6) is 0.525. The summed E-state index contributed by atoms with van der Waals surface area (Å²) in [7, 11) is 0.834. The van der Waals surface area contributed by atoms with Crippen LogP contribution in [-0.2, 0) is 33.1 Å². The second kappa shape index (κ2) is 16.8. The van der Waals surface area contributed by atoms with Crippen molar-refractivity contribution in [3.05, 3.63) is 147 Å². The molecule has 2 N–H and O–H groups in total. The SMILES string of the molecule is Cc1ccc(C(C)C)cc1.Cc1cccc(C)c1CS(=O)(=O)[N-][C@@H](c1ccccc1)[C@@H](N)c1ccccc1.[Cl][Ru+]. The summed E-state index contributed by atoms with van der Waals surface area (Å²) in [6.07, 6.45) is 0. The summed E-state index contributed by atoms with van der Waals surface area (Å²) < 4.78 is 30.3. The summed E-state index contributed by atoms with van der Waals surface area (Å²) in [6.45, 7) is 10.4. The first-order valence-corrected chi connectivity index (χ1v) is 17.0. The second-order valence-electron chi connectivity index (χ2n) is 10.1. The van der Waals surface area contributed by atoms with E-state index in [-0.39, 0.29) is 5.75 Å². The molecule has 4 aromatic carbocycles. The van der Waals surface area contributed by atoms with Gasteiger partial charge in [-0.05, 0) is 54.5 Å². The normalized spacial score (nSPS) is 12.4. The standard InChI is InChI=1S/C23H25N2O2S.C10H14.ClH.Ru/c1-17-10-9-11-18(2)21(17)16-28(26,27)25-23(20-14-7-4-8-15-20)22(24)19-12-5-3-6-13-19;1-8(2)10-6-4-9(3)5-7-10;;/h3-15,22-23H,16,24H2,1-2H3;4-8H,1-3H3;1H;/q-1;;;+2/p-1/t22-,23-;;;/m0.../s1. The molecule has 0 radical (unpaired) electrons. The Kier molecular flexibility index (Phi) is 14.2.